The summed E-state index contributed by atoms with van der Waals surface area (Å²) in [7, 11) is 1.45. The van der Waals surface area contributed by atoms with Crippen molar-refractivity contribution in [2.75, 3.05) is 24.7 Å². The number of methoxy groups -OCH3 is 1. The van der Waals surface area contributed by atoms with Crippen LogP contribution in [0.5, 0.6) is 5.75 Å². The molecular formula is C15H18ClN5O3S2. The molecule has 26 heavy (non-hydrogen) atoms. The van der Waals surface area contributed by atoms with Crippen LogP contribution in [0.2, 0.25) is 5.02 Å². The lowest BCUT2D eigenvalue weighted by Gasteiger charge is -2.10. The molecule has 3 N–H and O–H groups in total. The zero-order chi connectivity index (χ0) is 18.9. The van der Waals surface area contributed by atoms with Crippen LogP contribution in [0.3, 0.4) is 0 Å². The molecular weight excluding hydrogens is 398 g/mol. The summed E-state index contributed by atoms with van der Waals surface area (Å²) in [5, 5.41) is 12.2. The molecule has 1 heterocycles. The van der Waals surface area contributed by atoms with Crippen molar-refractivity contribution in [1.29, 1.82) is 0 Å². The van der Waals surface area contributed by atoms with Crippen molar-refractivity contribution >= 4 is 51.6 Å². The Kier molecular flexibility index (Phi) is 7.95. The molecule has 11 heteroatoms. The predicted octanol–water partition coefficient (Wildman–Crippen LogP) is 2.58. The summed E-state index contributed by atoms with van der Waals surface area (Å²) >= 11 is 8.50. The van der Waals surface area contributed by atoms with Gasteiger partial charge >= 0.3 is 0 Å². The van der Waals surface area contributed by atoms with Crippen LogP contribution in [0.25, 0.3) is 0 Å². The first-order valence-corrected chi connectivity index (χ1v) is 9.84. The zero-order valence-electron chi connectivity index (χ0n) is 14.2. The van der Waals surface area contributed by atoms with Gasteiger partial charge in [-0.05, 0) is 24.6 Å². The van der Waals surface area contributed by atoms with E-state index in [-0.39, 0.29) is 17.2 Å². The Morgan fingerprint density at radius 2 is 2.12 bits per heavy atom. The highest BCUT2D eigenvalue weighted by molar-refractivity contribution is 8.01. The number of rotatable bonds is 8. The number of nitrogens with zero attached hydrogens (tertiary/aromatic N) is 2. The van der Waals surface area contributed by atoms with Gasteiger partial charge < -0.3 is 10.1 Å². The van der Waals surface area contributed by atoms with Crippen LogP contribution >= 0.6 is 34.7 Å². The van der Waals surface area contributed by atoms with E-state index in [0.717, 1.165) is 18.1 Å². The maximum Gasteiger partial charge on any atom is 0.273 e. The number of hydrazine groups is 1. The van der Waals surface area contributed by atoms with Gasteiger partial charge in [0, 0.05) is 11.6 Å². The lowest BCUT2D eigenvalue weighted by atomic mass is 10.2. The van der Waals surface area contributed by atoms with E-state index >= 15 is 0 Å². The van der Waals surface area contributed by atoms with E-state index in [1.54, 1.807) is 12.1 Å². The Balaban J connectivity index is 1.80. The molecule has 0 atom stereocenters. The number of benzene rings is 1. The Bertz CT molecular complexity index is 771. The molecule has 0 radical (unpaired) electrons. The van der Waals surface area contributed by atoms with E-state index in [2.05, 4.69) is 33.3 Å². The Morgan fingerprint density at radius 3 is 2.85 bits per heavy atom. The largest absolute Gasteiger partial charge is 0.496 e. The molecule has 0 bridgehead atoms. The summed E-state index contributed by atoms with van der Waals surface area (Å²) in [5.74, 6) is -0.446. The number of aromatic nitrogens is 2. The summed E-state index contributed by atoms with van der Waals surface area (Å²) in [6, 6.07) is 4.65. The van der Waals surface area contributed by atoms with Gasteiger partial charge in [0.1, 0.15) is 5.75 Å². The second-order valence-electron chi connectivity index (χ2n) is 4.94. The predicted molar refractivity (Wildman–Crippen MR) is 103 cm³/mol. The number of carbonyl (C=O) groups excluding carboxylic acids is 2. The summed E-state index contributed by atoms with van der Waals surface area (Å²) in [6.07, 6.45) is 0.988. The monoisotopic (exact) mass is 415 g/mol. The molecule has 0 aliphatic rings. The molecule has 0 saturated carbocycles. The van der Waals surface area contributed by atoms with Crippen molar-refractivity contribution in [2.24, 2.45) is 0 Å². The average Bonchev–Trinajstić information content (AvgIpc) is 3.10. The minimum atomic E-state index is -0.523. The van der Waals surface area contributed by atoms with Gasteiger partial charge in [-0.25, -0.2) is 0 Å². The Labute approximate surface area is 164 Å². The van der Waals surface area contributed by atoms with Gasteiger partial charge in [-0.2, -0.15) is 0 Å². The number of carbonyl (C=O) groups is 2. The molecule has 0 saturated heterocycles. The normalized spacial score (nSPS) is 10.3. The number of ether oxygens (including phenoxy) is 1. The van der Waals surface area contributed by atoms with Crippen molar-refractivity contribution in [2.45, 2.75) is 17.7 Å². The lowest BCUT2D eigenvalue weighted by molar-refractivity contribution is -0.119. The topological polar surface area (TPSA) is 105 Å². The Morgan fingerprint density at radius 1 is 1.31 bits per heavy atom. The molecule has 0 spiro atoms. The van der Waals surface area contributed by atoms with E-state index in [1.807, 2.05) is 0 Å². The van der Waals surface area contributed by atoms with Crippen LogP contribution in [0.4, 0.5) is 5.13 Å². The second-order valence-corrected chi connectivity index (χ2v) is 7.57. The highest BCUT2D eigenvalue weighted by Crippen LogP contribution is 2.25. The fourth-order valence-electron chi connectivity index (χ4n) is 1.79. The first kappa shape index (κ1) is 20.3. The first-order valence-electron chi connectivity index (χ1n) is 7.66. The fourth-order valence-corrected chi connectivity index (χ4v) is 3.54. The first-order chi connectivity index (χ1) is 12.5. The summed E-state index contributed by atoms with van der Waals surface area (Å²) in [4.78, 5) is 24.0. The maximum atomic E-state index is 12.2. The van der Waals surface area contributed by atoms with Crippen LogP contribution in [0.1, 0.15) is 23.7 Å². The summed E-state index contributed by atoms with van der Waals surface area (Å²) < 4.78 is 5.78. The molecule has 1 aromatic carbocycles. The quantitative estimate of drug-likeness (QED) is 0.449. The maximum absolute atomic E-state index is 12.2. The van der Waals surface area contributed by atoms with Crippen LogP contribution < -0.4 is 20.9 Å². The standard InChI is InChI=1S/C15H18ClN5O3S2/c1-3-6-17-14-20-21-15(26-14)25-8-12(22)18-19-13(23)10-7-9(16)4-5-11(10)24-2/h4-5,7H,3,6,8H2,1-2H3,(H,17,20)(H,18,22)(H,19,23). The van der Waals surface area contributed by atoms with Crippen LogP contribution in [0.15, 0.2) is 22.5 Å². The molecule has 2 rings (SSSR count). The molecule has 1 aromatic heterocycles. The number of nitrogens with one attached hydrogen (secondary N) is 3. The third-order valence-corrected chi connectivity index (χ3v) is 5.23. The third kappa shape index (κ3) is 6.04. The number of anilines is 1. The van der Waals surface area contributed by atoms with E-state index in [4.69, 9.17) is 16.3 Å². The molecule has 140 valence electrons. The highest BCUT2D eigenvalue weighted by atomic mass is 35.5. The van der Waals surface area contributed by atoms with Gasteiger partial charge in [0.25, 0.3) is 5.91 Å². The number of hydrogen-bond acceptors (Lipinski definition) is 8. The van der Waals surface area contributed by atoms with Gasteiger partial charge in [0.15, 0.2) is 4.34 Å². The van der Waals surface area contributed by atoms with E-state index < -0.39 is 5.91 Å². The Hall–Kier alpha value is -2.04. The second kappa shape index (κ2) is 10.2. The third-order valence-electron chi connectivity index (χ3n) is 2.98. The molecule has 0 unspecified atom stereocenters. The number of halogens is 1. The average molecular weight is 416 g/mol. The minimum absolute atomic E-state index is 0.0926. The van der Waals surface area contributed by atoms with Crippen LogP contribution in [-0.2, 0) is 4.79 Å². The molecule has 8 nitrogen and oxygen atoms in total. The van der Waals surface area contributed by atoms with Gasteiger partial charge in [0.2, 0.25) is 11.0 Å². The summed E-state index contributed by atoms with van der Waals surface area (Å²) in [6.45, 7) is 2.88. The fraction of sp³-hybridized carbons (Fsp3) is 0.333. The molecule has 0 fully saturated rings. The number of thioether (sulfide) groups is 1. The number of hydrogen-bond donors (Lipinski definition) is 3. The van der Waals surface area contributed by atoms with Crippen LogP contribution in [-0.4, -0.2) is 41.4 Å². The lowest BCUT2D eigenvalue weighted by Crippen LogP contribution is -2.42. The van der Waals surface area contributed by atoms with Crippen molar-refractivity contribution in [3.63, 3.8) is 0 Å². The van der Waals surface area contributed by atoms with Gasteiger partial charge in [0.05, 0.1) is 18.4 Å². The van der Waals surface area contributed by atoms with Gasteiger partial charge in [-0.1, -0.05) is 41.6 Å². The molecule has 2 amide bonds. The van der Waals surface area contributed by atoms with Crippen molar-refractivity contribution < 1.29 is 14.3 Å². The molecule has 0 aliphatic heterocycles. The van der Waals surface area contributed by atoms with E-state index in [9.17, 15) is 9.59 Å². The van der Waals surface area contributed by atoms with Gasteiger partial charge in [-0.15, -0.1) is 10.2 Å². The van der Waals surface area contributed by atoms with E-state index in [1.165, 1.54) is 36.3 Å². The zero-order valence-corrected chi connectivity index (χ0v) is 16.6. The van der Waals surface area contributed by atoms with Crippen LogP contribution in [0, 0.1) is 0 Å². The highest BCUT2D eigenvalue weighted by Gasteiger charge is 2.14. The minimum Gasteiger partial charge on any atom is -0.496 e. The van der Waals surface area contributed by atoms with Crippen molar-refractivity contribution in [1.82, 2.24) is 21.0 Å². The molecule has 2 aromatic rings. The number of amides is 2. The van der Waals surface area contributed by atoms with Gasteiger partial charge in [-0.3, -0.25) is 20.4 Å². The summed E-state index contributed by atoms with van der Waals surface area (Å²) in [5.41, 5.74) is 4.91. The molecule has 0 aliphatic carbocycles. The van der Waals surface area contributed by atoms with E-state index in [0.29, 0.717) is 15.1 Å². The van der Waals surface area contributed by atoms with Crippen molar-refractivity contribution in [3.05, 3.63) is 28.8 Å². The van der Waals surface area contributed by atoms with Crippen molar-refractivity contribution in [3.8, 4) is 5.75 Å². The smallest absolute Gasteiger partial charge is 0.273 e. The SMILES string of the molecule is CCCNc1nnc(SCC(=O)NNC(=O)c2cc(Cl)ccc2OC)s1.